The third-order valence-corrected chi connectivity index (χ3v) is 3.13. The monoisotopic (exact) mass is 272 g/mol. The lowest BCUT2D eigenvalue weighted by Crippen LogP contribution is -2.51. The SMILES string of the molecule is Nc1oncc1-c1ccc(N2CC(=O)NCC2=O)cc1. The lowest BCUT2D eigenvalue weighted by Gasteiger charge is -2.26. The first-order valence-corrected chi connectivity index (χ1v) is 6.03. The van der Waals surface area contributed by atoms with Crippen molar-refractivity contribution in [2.75, 3.05) is 23.7 Å². The number of nitrogen functional groups attached to an aromatic ring is 1. The standard InChI is InChI=1S/C13H12N4O3/c14-13-10(5-16-20-13)8-1-3-9(4-2-8)17-7-11(18)15-6-12(17)19/h1-5H,6-7,14H2,(H,15,18). The van der Waals surface area contributed by atoms with Gasteiger partial charge in [-0.05, 0) is 17.7 Å². The van der Waals surface area contributed by atoms with E-state index in [1.54, 1.807) is 24.3 Å². The van der Waals surface area contributed by atoms with Crippen molar-refractivity contribution in [3.63, 3.8) is 0 Å². The molecule has 3 rings (SSSR count). The molecular formula is C13H12N4O3. The molecule has 0 atom stereocenters. The molecule has 7 heteroatoms. The van der Waals surface area contributed by atoms with E-state index in [0.717, 1.165) is 5.56 Å². The van der Waals surface area contributed by atoms with Crippen LogP contribution in [0.15, 0.2) is 35.0 Å². The van der Waals surface area contributed by atoms with Gasteiger partial charge in [0.25, 0.3) is 0 Å². The lowest BCUT2D eigenvalue weighted by molar-refractivity contribution is -0.128. The van der Waals surface area contributed by atoms with Crippen molar-refractivity contribution in [3.8, 4) is 11.1 Å². The molecule has 1 aromatic heterocycles. The van der Waals surface area contributed by atoms with Crippen LogP contribution >= 0.6 is 0 Å². The number of nitrogens with two attached hydrogens (primary N) is 1. The number of benzene rings is 1. The van der Waals surface area contributed by atoms with Crippen molar-refractivity contribution >= 4 is 23.4 Å². The molecule has 1 aliphatic heterocycles. The Morgan fingerprint density at radius 2 is 2.00 bits per heavy atom. The molecule has 0 saturated carbocycles. The number of aromatic nitrogens is 1. The summed E-state index contributed by atoms with van der Waals surface area (Å²) in [5.74, 6) is -0.0648. The first-order chi connectivity index (χ1) is 9.65. The average molecular weight is 272 g/mol. The quantitative estimate of drug-likeness (QED) is 0.823. The van der Waals surface area contributed by atoms with E-state index >= 15 is 0 Å². The Balaban J connectivity index is 1.88. The Bertz CT molecular complexity index is 663. The summed E-state index contributed by atoms with van der Waals surface area (Å²) in [6.45, 7) is 0.0623. The number of carbonyl (C=O) groups is 2. The third-order valence-electron chi connectivity index (χ3n) is 3.13. The van der Waals surface area contributed by atoms with Crippen LogP contribution in [0.4, 0.5) is 11.6 Å². The molecule has 0 aliphatic carbocycles. The Morgan fingerprint density at radius 1 is 1.25 bits per heavy atom. The molecule has 0 radical (unpaired) electrons. The van der Waals surface area contributed by atoms with Gasteiger partial charge in [0.2, 0.25) is 17.7 Å². The highest BCUT2D eigenvalue weighted by atomic mass is 16.5. The number of piperazine rings is 1. The van der Waals surface area contributed by atoms with Crippen molar-refractivity contribution in [2.24, 2.45) is 0 Å². The lowest BCUT2D eigenvalue weighted by atomic mass is 10.1. The second kappa shape index (κ2) is 4.69. The molecule has 20 heavy (non-hydrogen) atoms. The smallest absolute Gasteiger partial charge is 0.246 e. The van der Waals surface area contributed by atoms with Gasteiger partial charge in [0.1, 0.15) is 6.54 Å². The van der Waals surface area contributed by atoms with Crippen LogP contribution in [0.2, 0.25) is 0 Å². The minimum Gasteiger partial charge on any atom is -0.367 e. The molecule has 1 saturated heterocycles. The molecular weight excluding hydrogens is 260 g/mol. The third kappa shape index (κ3) is 2.09. The molecule has 0 unspecified atom stereocenters. The molecule has 2 heterocycles. The predicted octanol–water partition coefficient (Wildman–Crippen LogP) is 0.387. The molecule has 1 aliphatic rings. The fraction of sp³-hybridized carbons (Fsp3) is 0.154. The zero-order valence-electron chi connectivity index (χ0n) is 10.5. The topological polar surface area (TPSA) is 101 Å². The fourth-order valence-corrected chi connectivity index (χ4v) is 2.08. The Hall–Kier alpha value is -2.83. The number of hydrogen-bond acceptors (Lipinski definition) is 5. The minimum atomic E-state index is -0.169. The number of hydrogen-bond donors (Lipinski definition) is 2. The zero-order chi connectivity index (χ0) is 14.1. The Kier molecular flexibility index (Phi) is 2.86. The molecule has 1 fully saturated rings. The zero-order valence-corrected chi connectivity index (χ0v) is 10.5. The van der Waals surface area contributed by atoms with Gasteiger partial charge < -0.3 is 20.5 Å². The molecule has 2 aromatic rings. The molecule has 2 amide bonds. The van der Waals surface area contributed by atoms with Crippen molar-refractivity contribution < 1.29 is 14.1 Å². The van der Waals surface area contributed by atoms with Gasteiger partial charge in [0.05, 0.1) is 18.3 Å². The summed E-state index contributed by atoms with van der Waals surface area (Å²) in [6.07, 6.45) is 1.53. The maximum Gasteiger partial charge on any atom is 0.246 e. The van der Waals surface area contributed by atoms with Crippen molar-refractivity contribution in [1.29, 1.82) is 0 Å². The fourth-order valence-electron chi connectivity index (χ4n) is 2.08. The van der Waals surface area contributed by atoms with Crippen LogP contribution in [0.25, 0.3) is 11.1 Å². The summed E-state index contributed by atoms with van der Waals surface area (Å²) in [6, 6.07) is 7.13. The predicted molar refractivity (Wildman–Crippen MR) is 71.7 cm³/mol. The second-order valence-corrected chi connectivity index (χ2v) is 4.41. The molecule has 3 N–H and O–H groups in total. The molecule has 1 aromatic carbocycles. The Morgan fingerprint density at radius 3 is 2.65 bits per heavy atom. The van der Waals surface area contributed by atoms with Gasteiger partial charge >= 0.3 is 0 Å². The van der Waals surface area contributed by atoms with E-state index < -0.39 is 0 Å². The van der Waals surface area contributed by atoms with Gasteiger partial charge in [-0.2, -0.15) is 0 Å². The van der Waals surface area contributed by atoms with E-state index in [2.05, 4.69) is 10.5 Å². The number of rotatable bonds is 2. The van der Waals surface area contributed by atoms with Gasteiger partial charge in [-0.3, -0.25) is 9.59 Å². The number of nitrogens with one attached hydrogen (secondary N) is 1. The van der Waals surface area contributed by atoms with Crippen LogP contribution in [0.1, 0.15) is 0 Å². The molecule has 0 spiro atoms. The van der Waals surface area contributed by atoms with Gasteiger partial charge in [-0.15, -0.1) is 0 Å². The van der Waals surface area contributed by atoms with E-state index in [1.807, 2.05) is 0 Å². The van der Waals surface area contributed by atoms with E-state index in [1.165, 1.54) is 11.1 Å². The summed E-state index contributed by atoms with van der Waals surface area (Å²) in [5, 5.41) is 6.12. The van der Waals surface area contributed by atoms with E-state index in [4.69, 9.17) is 10.3 Å². The maximum atomic E-state index is 11.8. The van der Waals surface area contributed by atoms with E-state index in [0.29, 0.717) is 11.3 Å². The normalized spacial score (nSPS) is 15.3. The van der Waals surface area contributed by atoms with Crippen molar-refractivity contribution in [1.82, 2.24) is 10.5 Å². The first-order valence-electron chi connectivity index (χ1n) is 6.03. The van der Waals surface area contributed by atoms with Gasteiger partial charge in [-0.1, -0.05) is 17.3 Å². The summed E-state index contributed by atoms with van der Waals surface area (Å²) in [4.78, 5) is 24.6. The molecule has 102 valence electrons. The minimum absolute atomic E-state index is 0.0270. The second-order valence-electron chi connectivity index (χ2n) is 4.41. The van der Waals surface area contributed by atoms with Crippen molar-refractivity contribution in [2.45, 2.75) is 0 Å². The maximum absolute atomic E-state index is 11.8. The first kappa shape index (κ1) is 12.2. The highest BCUT2D eigenvalue weighted by molar-refractivity contribution is 6.04. The Labute approximate surface area is 114 Å². The summed E-state index contributed by atoms with van der Waals surface area (Å²) >= 11 is 0. The van der Waals surface area contributed by atoms with E-state index in [9.17, 15) is 9.59 Å². The van der Waals surface area contributed by atoms with Crippen LogP contribution < -0.4 is 16.0 Å². The highest BCUT2D eigenvalue weighted by Crippen LogP contribution is 2.27. The van der Waals surface area contributed by atoms with Crippen LogP contribution in [0, 0.1) is 0 Å². The summed E-state index contributed by atoms with van der Waals surface area (Å²) < 4.78 is 4.81. The van der Waals surface area contributed by atoms with Gasteiger partial charge in [-0.25, -0.2) is 0 Å². The largest absolute Gasteiger partial charge is 0.367 e. The number of carbonyl (C=O) groups excluding carboxylic acids is 2. The van der Waals surface area contributed by atoms with Crippen LogP contribution in [0.5, 0.6) is 0 Å². The van der Waals surface area contributed by atoms with Crippen LogP contribution in [0.3, 0.4) is 0 Å². The van der Waals surface area contributed by atoms with E-state index in [-0.39, 0.29) is 30.8 Å². The van der Waals surface area contributed by atoms with Crippen LogP contribution in [-0.4, -0.2) is 30.1 Å². The molecule has 7 nitrogen and oxygen atoms in total. The van der Waals surface area contributed by atoms with Crippen LogP contribution in [-0.2, 0) is 9.59 Å². The summed E-state index contributed by atoms with van der Waals surface area (Å²) in [5.41, 5.74) is 7.85. The number of anilines is 2. The van der Waals surface area contributed by atoms with Gasteiger partial charge in [0.15, 0.2) is 0 Å². The molecule has 0 bridgehead atoms. The number of nitrogens with zero attached hydrogens (tertiary/aromatic N) is 2. The van der Waals surface area contributed by atoms with Gasteiger partial charge in [0, 0.05) is 5.69 Å². The summed E-state index contributed by atoms with van der Waals surface area (Å²) in [7, 11) is 0. The van der Waals surface area contributed by atoms with Crippen molar-refractivity contribution in [3.05, 3.63) is 30.5 Å². The highest BCUT2D eigenvalue weighted by Gasteiger charge is 2.24. The average Bonchev–Trinajstić information content (AvgIpc) is 2.88. The number of amides is 2.